The van der Waals surface area contributed by atoms with Crippen molar-refractivity contribution in [1.29, 1.82) is 10.5 Å². The molecule has 0 aliphatic carbocycles. The summed E-state index contributed by atoms with van der Waals surface area (Å²) in [5.41, 5.74) is 9.64. The van der Waals surface area contributed by atoms with Gasteiger partial charge in [-0.3, -0.25) is 34.0 Å². The Labute approximate surface area is 751 Å². The Morgan fingerprint density at radius 2 is 1.01 bits per heavy atom. The second-order valence-electron chi connectivity index (χ2n) is 24.9. The van der Waals surface area contributed by atoms with Gasteiger partial charge in [-0.25, -0.2) is 0 Å². The number of likely N-dealkylation sites (N-methyl/N-ethyl adjacent to an activating group) is 2. The fraction of sp³-hybridized carbons (Fsp3) is 0.516. The van der Waals surface area contributed by atoms with Crippen LogP contribution in [0.2, 0.25) is 0 Å². The molecular formula is C64H69Ac5ClF6N10O13-2. The largest absolute Gasteiger partial charge is 0.653 e. The number of nitrogens with one attached hydrogen (secondary N) is 2. The summed E-state index contributed by atoms with van der Waals surface area (Å²) in [4.78, 5) is 66.2. The zero-order valence-corrected chi connectivity index (χ0v) is 80.3. The molecule has 4 aromatic carbocycles. The Bertz CT molecular complexity index is 3700. The zero-order chi connectivity index (χ0) is 69.0. The number of aryl methyl sites for hydroxylation is 2. The maximum atomic E-state index is 13.0. The van der Waals surface area contributed by atoms with Crippen molar-refractivity contribution in [3.63, 3.8) is 0 Å². The molecule has 6 N–H and O–H groups in total. The molecule has 2 saturated heterocycles. The maximum Gasteiger partial charge on any atom is 0.471 e. The third kappa shape index (κ3) is 16.6. The topological polar surface area (TPSA) is 316 Å². The predicted molar refractivity (Wildman–Crippen MR) is 322 cm³/mol. The average molecular weight is 2470 g/mol. The molecule has 519 valence electrons. The third-order valence-corrected chi connectivity index (χ3v) is 19.7. The average Bonchev–Trinajstić information content (AvgIpc) is 1.38. The van der Waals surface area contributed by atoms with Crippen LogP contribution in [0, 0.1) is 285 Å². The van der Waals surface area contributed by atoms with E-state index in [4.69, 9.17) is 18.9 Å². The molecule has 2 unspecified atom stereocenters. The number of carbonyl (C=O) groups excluding carboxylic acids is 5. The first-order valence-electron chi connectivity index (χ1n) is 30.1. The summed E-state index contributed by atoms with van der Waals surface area (Å²) in [6, 6.07) is 0.276. The monoisotopic (exact) mass is 2470 g/mol. The second kappa shape index (κ2) is 34.7. The van der Waals surface area contributed by atoms with Crippen LogP contribution in [-0.2, 0) is 49.7 Å². The molecule has 0 spiro atoms. The van der Waals surface area contributed by atoms with Gasteiger partial charge in [-0.15, -0.1) is 6.54 Å². The number of alkyl halides is 6. The number of rotatable bonds is 8. The molecule has 99 heavy (non-hydrogen) atoms. The van der Waals surface area contributed by atoms with E-state index in [9.17, 15) is 81.3 Å². The van der Waals surface area contributed by atoms with Crippen molar-refractivity contribution in [2.75, 3.05) is 40.8 Å². The molecule has 23 nitrogen and oxygen atoms in total. The Morgan fingerprint density at radius 1 is 0.616 bits per heavy atom. The normalized spacial score (nSPS) is 23.7. The van der Waals surface area contributed by atoms with E-state index in [1.165, 1.54) is 6.92 Å². The number of halogens is 7. The summed E-state index contributed by atoms with van der Waals surface area (Å²) in [7, 11) is 3.81. The van der Waals surface area contributed by atoms with Gasteiger partial charge in [0, 0.05) is 314 Å². The number of carbonyl (C=O) groups is 5. The molecular weight excluding hydrogens is 2400 g/mol. The van der Waals surface area contributed by atoms with E-state index in [1.54, 1.807) is 19.2 Å². The van der Waals surface area contributed by atoms with Crippen LogP contribution in [0.15, 0.2) is 12.1 Å². The van der Waals surface area contributed by atoms with E-state index in [1.807, 2.05) is 63.7 Å². The maximum absolute atomic E-state index is 13.0. The third-order valence-electron chi connectivity index (χ3n) is 19.7. The second-order valence-corrected chi connectivity index (χ2v) is 25.4. The number of fused-ring (bicyclic) bond motifs is 18. The summed E-state index contributed by atoms with van der Waals surface area (Å²) in [6.45, 7) is 13.7. The van der Waals surface area contributed by atoms with E-state index in [2.05, 4.69) is 49.5 Å². The number of nitrogens with zero attached hydrogens (tertiary/aromatic N) is 8. The number of hydrogen-bond donors (Lipinski definition) is 6. The van der Waals surface area contributed by atoms with Crippen LogP contribution in [0.25, 0.3) is 10.6 Å². The van der Waals surface area contributed by atoms with Crippen molar-refractivity contribution in [3.8, 4) is 58.1 Å². The van der Waals surface area contributed by atoms with Crippen LogP contribution in [0.3, 0.4) is 0 Å². The number of nitriles is 2. The summed E-state index contributed by atoms with van der Waals surface area (Å²) >= 11 is 4.64. The molecule has 4 bridgehead atoms. The fourth-order valence-electron chi connectivity index (χ4n) is 15.1. The molecule has 35 heteroatoms. The number of benzene rings is 4. The molecule has 12 atom stereocenters. The molecule has 5 radical (unpaired) electrons. The Balaban J connectivity index is 0.000000323. The van der Waals surface area contributed by atoms with Gasteiger partial charge >= 0.3 is 18.3 Å². The minimum atomic E-state index is -5.23. The summed E-state index contributed by atoms with van der Waals surface area (Å²) in [5, 5.41) is 78.1. The Hall–Kier alpha value is -1.27. The van der Waals surface area contributed by atoms with Gasteiger partial charge in [0.25, 0.3) is 0 Å². The van der Waals surface area contributed by atoms with E-state index in [-0.39, 0.29) is 300 Å². The SMILES string of the molecule is CC(=O)Cl.Cc1cc2c(c(O)c1C)[C@@H]1C3Cc4c(O)c(C)c5c(c4[C@H](CNC(=O)[C@H](C)NC(=O)C(F)(F)F)N3[C@@H](C#N)[C@H](C2)N1C)OCO5.Cc1cc2c(c(O)c1C)[C@@H]1C3Cc4c(O)c(C)c5c(c4[C@H](C[N-]C(=O)[C@H](C)[N-]C(=O)C(F)(F)F)N3[C@@H](C#N)[C@H](C2)N1C)OCO5.[Ac].[Ac].[Ac].[Ac].[Ac]. The van der Waals surface area contributed by atoms with Crippen molar-refractivity contribution in [3.05, 3.63) is 101 Å². The summed E-state index contributed by atoms with van der Waals surface area (Å²) in [6.07, 6.45) is -8.93. The number of ether oxygens (including phenoxy) is 4. The molecule has 4 amide bonds. The van der Waals surface area contributed by atoms with Gasteiger partial charge in [0.1, 0.15) is 41.1 Å². The van der Waals surface area contributed by atoms with Crippen molar-refractivity contribution in [1.82, 2.24) is 30.2 Å². The van der Waals surface area contributed by atoms with Crippen molar-refractivity contribution >= 4 is 40.5 Å². The van der Waals surface area contributed by atoms with Crippen molar-refractivity contribution < 1.29 is 310 Å². The van der Waals surface area contributed by atoms with Crippen molar-refractivity contribution in [2.24, 2.45) is 0 Å². The molecule has 8 aliphatic heterocycles. The smallest absolute Gasteiger partial charge is 0.471 e. The van der Waals surface area contributed by atoms with Crippen LogP contribution in [-0.4, -0.2) is 170 Å². The summed E-state index contributed by atoms with van der Waals surface area (Å²) < 4.78 is 100. The predicted octanol–water partition coefficient (Wildman–Crippen LogP) is 7.75. The van der Waals surface area contributed by atoms with Crippen LogP contribution in [0.5, 0.6) is 46.0 Å². The van der Waals surface area contributed by atoms with E-state index >= 15 is 0 Å². The van der Waals surface area contributed by atoms with Gasteiger partial charge in [0.15, 0.2) is 28.9 Å². The Kier molecular flexibility index (Phi) is 31.0. The minimum Gasteiger partial charge on any atom is -0.653 e. The number of hydrogen-bond acceptors (Lipinski definition) is 19. The standard InChI is InChI=1S/2C31H34F3N5O6.C2H3ClO.5Ac/c2*1-12-6-16-7-18-20(9-35)39-19(24(38(18)5)22(16)26(41)13(12)2)8-17-23(28-27(44-11-45-28)14(3)25(17)40)21(39)10-36-29(42)15(4)37-30(43)31(32,33)34;1-2(3)4;;;;;/h6,15,18-21,24H,7-8,10-11H2,1-5H3,(H4,36,37,40,41,42,43);6,15,18-21,24,40-41H,7-8,10-11H2,1-5H3,(H,36,42)(H,37,43);1H3;;;;;/p-2/t2*15-,18-,19?,20-,21-,24-;;;;;;/m00....../s1. The van der Waals surface area contributed by atoms with Gasteiger partial charge in [0.05, 0.1) is 30.3 Å². The first-order valence-corrected chi connectivity index (χ1v) is 30.5. The molecule has 4 aromatic rings. The Morgan fingerprint density at radius 3 is 1.40 bits per heavy atom. The first kappa shape index (κ1) is 88.4. The van der Waals surface area contributed by atoms with Crippen molar-refractivity contribution in [2.45, 2.75) is 173 Å². The minimum absolute atomic E-state index is 0. The molecule has 0 aromatic heterocycles. The number of amides is 4. The van der Waals surface area contributed by atoms with Gasteiger partial charge < -0.3 is 70.2 Å². The summed E-state index contributed by atoms with van der Waals surface area (Å²) in [5.74, 6) is -4.89. The van der Waals surface area contributed by atoms with Crippen LogP contribution < -0.4 is 29.6 Å². The van der Waals surface area contributed by atoms with E-state index in [0.29, 0.717) is 69.2 Å². The number of phenolic OH excluding ortho intramolecular Hbond substituents is 4. The molecule has 8 heterocycles. The molecule has 8 aliphatic rings. The first-order chi connectivity index (χ1) is 44.1. The van der Waals surface area contributed by atoms with Crippen LogP contribution in [0.4, 0.5) is 26.3 Å². The fourth-order valence-corrected chi connectivity index (χ4v) is 15.1. The molecule has 12 rings (SSSR count). The van der Waals surface area contributed by atoms with Crippen LogP contribution in [0.1, 0.15) is 123 Å². The van der Waals surface area contributed by atoms with E-state index in [0.717, 1.165) is 58.4 Å². The van der Waals surface area contributed by atoms with Gasteiger partial charge in [0.2, 0.25) is 24.7 Å². The number of piperazine rings is 2. The van der Waals surface area contributed by atoms with Crippen LogP contribution >= 0.6 is 11.6 Å². The van der Waals surface area contributed by atoms with Gasteiger partial charge in [-0.1, -0.05) is 25.1 Å². The molecule has 0 saturated carbocycles. The quantitative estimate of drug-likeness (QED) is 0.0725. The van der Waals surface area contributed by atoms with Gasteiger partial charge in [-0.05, 0) is 133 Å². The number of phenols is 4. The number of aromatic hydroxyl groups is 4. The zero-order valence-electron chi connectivity index (χ0n) is 55.8. The van der Waals surface area contributed by atoms with E-state index < -0.39 is 96.4 Å². The van der Waals surface area contributed by atoms with Gasteiger partial charge in [-0.2, -0.15) is 36.9 Å². The molecule has 2 fully saturated rings.